The molecule has 2 aliphatic rings. The summed E-state index contributed by atoms with van der Waals surface area (Å²) in [7, 11) is 0. The number of hydrogen-bond donors (Lipinski definition) is 1. The summed E-state index contributed by atoms with van der Waals surface area (Å²) in [4.78, 5) is 6.19. The third-order valence-corrected chi connectivity index (χ3v) is 4.49. The van der Waals surface area contributed by atoms with Crippen LogP contribution in [-0.2, 0) is 13.0 Å². The van der Waals surface area contributed by atoms with Gasteiger partial charge in [0.1, 0.15) is 0 Å². The van der Waals surface area contributed by atoms with Crippen LogP contribution in [0.1, 0.15) is 24.1 Å². The molecule has 0 radical (unpaired) electrons. The van der Waals surface area contributed by atoms with Crippen LogP contribution >= 0.6 is 11.6 Å². The van der Waals surface area contributed by atoms with Crippen molar-refractivity contribution >= 4 is 22.5 Å². The first-order valence-corrected chi connectivity index (χ1v) is 6.72. The zero-order chi connectivity index (χ0) is 11.4. The lowest BCUT2D eigenvalue weighted by Gasteiger charge is -2.29. The van der Waals surface area contributed by atoms with Gasteiger partial charge in [-0.15, -0.1) is 0 Å². The highest BCUT2D eigenvalue weighted by Crippen LogP contribution is 2.35. The van der Waals surface area contributed by atoms with E-state index in [0.29, 0.717) is 0 Å². The van der Waals surface area contributed by atoms with Crippen molar-refractivity contribution in [2.45, 2.75) is 31.8 Å². The number of halogens is 1. The highest BCUT2D eigenvalue weighted by atomic mass is 35.5. The average Bonchev–Trinajstić information content (AvgIpc) is 2.89. The quantitative estimate of drug-likeness (QED) is 0.756. The molecular formula is C14H15ClN2. The predicted octanol–water partition coefficient (Wildman–Crippen LogP) is 3.34. The molecule has 1 N–H and O–H groups in total. The molecule has 1 aromatic carbocycles. The molecule has 0 bridgehead atoms. The molecule has 1 atom stereocenters. The van der Waals surface area contributed by atoms with Crippen LogP contribution in [-0.4, -0.2) is 22.5 Å². The molecule has 1 fully saturated rings. The van der Waals surface area contributed by atoms with E-state index in [4.69, 9.17) is 11.6 Å². The SMILES string of the molecule is Clc1ccc2[nH]c3c(c2c1)CN1CCCC1C3. The molecule has 0 aliphatic carbocycles. The highest BCUT2D eigenvalue weighted by molar-refractivity contribution is 6.31. The molecule has 3 heteroatoms. The average molecular weight is 247 g/mol. The van der Waals surface area contributed by atoms with E-state index in [-0.39, 0.29) is 0 Å². The van der Waals surface area contributed by atoms with Gasteiger partial charge in [-0.2, -0.15) is 0 Å². The summed E-state index contributed by atoms with van der Waals surface area (Å²) in [6.07, 6.45) is 3.89. The summed E-state index contributed by atoms with van der Waals surface area (Å²) in [6, 6.07) is 6.93. The molecule has 0 amide bonds. The van der Waals surface area contributed by atoms with Gasteiger partial charge < -0.3 is 4.98 Å². The molecule has 2 aliphatic heterocycles. The normalized spacial score (nSPS) is 23.9. The third kappa shape index (κ3) is 1.44. The minimum absolute atomic E-state index is 0.769. The maximum absolute atomic E-state index is 6.10. The molecule has 1 saturated heterocycles. The Morgan fingerprint density at radius 3 is 3.24 bits per heavy atom. The molecule has 0 saturated carbocycles. The van der Waals surface area contributed by atoms with Crippen LogP contribution in [0.5, 0.6) is 0 Å². The van der Waals surface area contributed by atoms with Crippen molar-refractivity contribution in [1.82, 2.24) is 9.88 Å². The Morgan fingerprint density at radius 1 is 1.35 bits per heavy atom. The molecule has 2 aromatic rings. The maximum Gasteiger partial charge on any atom is 0.0460 e. The van der Waals surface area contributed by atoms with Gasteiger partial charge >= 0.3 is 0 Å². The van der Waals surface area contributed by atoms with Crippen molar-refractivity contribution in [3.05, 3.63) is 34.5 Å². The van der Waals surface area contributed by atoms with Gasteiger partial charge in [0.25, 0.3) is 0 Å². The van der Waals surface area contributed by atoms with E-state index in [0.717, 1.165) is 17.6 Å². The number of aromatic nitrogens is 1. The lowest BCUT2D eigenvalue weighted by Crippen LogP contribution is -2.34. The summed E-state index contributed by atoms with van der Waals surface area (Å²) in [5.74, 6) is 0. The van der Waals surface area contributed by atoms with Crippen molar-refractivity contribution in [2.24, 2.45) is 0 Å². The fourth-order valence-corrected chi connectivity index (χ4v) is 3.58. The van der Waals surface area contributed by atoms with Crippen molar-refractivity contribution in [2.75, 3.05) is 6.54 Å². The molecule has 3 heterocycles. The van der Waals surface area contributed by atoms with Crippen molar-refractivity contribution < 1.29 is 0 Å². The second-order valence-corrected chi connectivity index (χ2v) is 5.68. The number of fused-ring (bicyclic) bond motifs is 4. The number of H-pyrrole nitrogens is 1. The number of nitrogens with zero attached hydrogens (tertiary/aromatic N) is 1. The summed E-state index contributed by atoms with van der Waals surface area (Å²) < 4.78 is 0. The number of aromatic amines is 1. The van der Waals surface area contributed by atoms with Crippen LogP contribution in [0.2, 0.25) is 5.02 Å². The van der Waals surface area contributed by atoms with Crippen LogP contribution in [0.25, 0.3) is 10.9 Å². The van der Waals surface area contributed by atoms with Crippen molar-refractivity contribution in [3.8, 4) is 0 Å². The summed E-state index contributed by atoms with van der Waals surface area (Å²) in [5, 5.41) is 2.15. The molecule has 88 valence electrons. The van der Waals surface area contributed by atoms with Gasteiger partial charge in [0, 0.05) is 40.6 Å². The van der Waals surface area contributed by atoms with Crippen LogP contribution < -0.4 is 0 Å². The van der Waals surface area contributed by atoms with E-state index in [2.05, 4.69) is 22.0 Å². The molecule has 1 unspecified atom stereocenters. The standard InChI is InChI=1S/C14H15ClN2/c15-9-3-4-13-11(6-9)12-8-17-5-1-2-10(17)7-14(12)16-13/h3-4,6,10,16H,1-2,5,7-8H2. The van der Waals surface area contributed by atoms with Gasteiger partial charge in [-0.1, -0.05) is 11.6 Å². The molecule has 1 aromatic heterocycles. The minimum atomic E-state index is 0.769. The van der Waals surface area contributed by atoms with Gasteiger partial charge in [0.05, 0.1) is 0 Å². The molecule has 0 spiro atoms. The first-order valence-electron chi connectivity index (χ1n) is 6.34. The number of rotatable bonds is 0. The summed E-state index contributed by atoms with van der Waals surface area (Å²) in [6.45, 7) is 2.36. The predicted molar refractivity (Wildman–Crippen MR) is 70.4 cm³/mol. The Balaban J connectivity index is 1.89. The number of hydrogen-bond acceptors (Lipinski definition) is 1. The smallest absolute Gasteiger partial charge is 0.0460 e. The van der Waals surface area contributed by atoms with E-state index in [1.807, 2.05) is 6.07 Å². The Kier molecular flexibility index (Phi) is 2.06. The first-order chi connectivity index (χ1) is 8.31. The van der Waals surface area contributed by atoms with E-state index in [1.165, 1.54) is 48.0 Å². The minimum Gasteiger partial charge on any atom is -0.358 e. The summed E-state index contributed by atoms with van der Waals surface area (Å²) >= 11 is 6.10. The second-order valence-electron chi connectivity index (χ2n) is 5.24. The largest absolute Gasteiger partial charge is 0.358 e. The van der Waals surface area contributed by atoms with Gasteiger partial charge in [-0.3, -0.25) is 4.90 Å². The van der Waals surface area contributed by atoms with Gasteiger partial charge in [-0.05, 0) is 43.1 Å². The monoisotopic (exact) mass is 246 g/mol. The van der Waals surface area contributed by atoms with Crippen LogP contribution in [0.4, 0.5) is 0 Å². The maximum atomic E-state index is 6.10. The van der Waals surface area contributed by atoms with Gasteiger partial charge in [0.2, 0.25) is 0 Å². The molecule has 2 nitrogen and oxygen atoms in total. The molecule has 17 heavy (non-hydrogen) atoms. The number of benzene rings is 1. The van der Waals surface area contributed by atoms with Crippen LogP contribution in [0, 0.1) is 0 Å². The Bertz CT molecular complexity index is 587. The highest BCUT2D eigenvalue weighted by Gasteiger charge is 2.31. The zero-order valence-electron chi connectivity index (χ0n) is 9.67. The van der Waals surface area contributed by atoms with E-state index in [9.17, 15) is 0 Å². The second kappa shape index (κ2) is 3.50. The Labute approximate surface area is 106 Å². The van der Waals surface area contributed by atoms with Crippen LogP contribution in [0.15, 0.2) is 18.2 Å². The van der Waals surface area contributed by atoms with Crippen molar-refractivity contribution in [3.63, 3.8) is 0 Å². The van der Waals surface area contributed by atoms with Gasteiger partial charge in [-0.25, -0.2) is 0 Å². The first kappa shape index (κ1) is 9.98. The fraction of sp³-hybridized carbons (Fsp3) is 0.429. The Morgan fingerprint density at radius 2 is 2.29 bits per heavy atom. The number of nitrogens with one attached hydrogen (secondary N) is 1. The lowest BCUT2D eigenvalue weighted by atomic mass is 9.99. The van der Waals surface area contributed by atoms with Crippen molar-refractivity contribution in [1.29, 1.82) is 0 Å². The third-order valence-electron chi connectivity index (χ3n) is 4.26. The fourth-order valence-electron chi connectivity index (χ4n) is 3.40. The van der Waals surface area contributed by atoms with Crippen LogP contribution in [0.3, 0.4) is 0 Å². The van der Waals surface area contributed by atoms with Gasteiger partial charge in [0.15, 0.2) is 0 Å². The lowest BCUT2D eigenvalue weighted by molar-refractivity contribution is 0.227. The van der Waals surface area contributed by atoms with E-state index >= 15 is 0 Å². The Hall–Kier alpha value is -0.990. The van der Waals surface area contributed by atoms with E-state index < -0.39 is 0 Å². The summed E-state index contributed by atoms with van der Waals surface area (Å²) in [5.41, 5.74) is 4.15. The zero-order valence-corrected chi connectivity index (χ0v) is 10.4. The topological polar surface area (TPSA) is 19.0 Å². The molecule has 4 rings (SSSR count). The molecular weight excluding hydrogens is 232 g/mol. The van der Waals surface area contributed by atoms with E-state index in [1.54, 1.807) is 0 Å².